The first-order valence-electron chi connectivity index (χ1n) is 7.41. The lowest BCUT2D eigenvalue weighted by atomic mass is 9.94. The van der Waals surface area contributed by atoms with Gasteiger partial charge in [0, 0.05) is 23.0 Å². The smallest absolute Gasteiger partial charge is 0.256 e. The van der Waals surface area contributed by atoms with E-state index in [0.29, 0.717) is 29.2 Å². The molecule has 1 aromatic carbocycles. The van der Waals surface area contributed by atoms with Gasteiger partial charge >= 0.3 is 0 Å². The summed E-state index contributed by atoms with van der Waals surface area (Å²) in [5.41, 5.74) is 2.91. The van der Waals surface area contributed by atoms with Crippen LogP contribution in [0.3, 0.4) is 0 Å². The fourth-order valence-electron chi connectivity index (χ4n) is 3.09. The normalized spacial score (nSPS) is 16.9. The Morgan fingerprint density at radius 1 is 1.26 bits per heavy atom. The van der Waals surface area contributed by atoms with Crippen LogP contribution in [0.15, 0.2) is 24.4 Å². The van der Waals surface area contributed by atoms with Gasteiger partial charge in [-0.3, -0.25) is 4.79 Å². The Bertz CT molecular complexity index is 738. The van der Waals surface area contributed by atoms with Crippen LogP contribution in [0.5, 0.6) is 11.5 Å². The fourth-order valence-corrected chi connectivity index (χ4v) is 3.09. The molecule has 0 saturated carbocycles. The second-order valence-electron chi connectivity index (χ2n) is 5.58. The van der Waals surface area contributed by atoms with E-state index in [1.165, 1.54) is 0 Å². The van der Waals surface area contributed by atoms with Crippen molar-refractivity contribution in [3.63, 3.8) is 0 Å². The third-order valence-electron chi connectivity index (χ3n) is 4.26. The number of aromatic amines is 1. The summed E-state index contributed by atoms with van der Waals surface area (Å²) in [7, 11) is 3.14. The Kier molecular flexibility index (Phi) is 4.00. The minimum atomic E-state index is -0.813. The first-order chi connectivity index (χ1) is 11.1. The summed E-state index contributed by atoms with van der Waals surface area (Å²) in [5.74, 6) is 1.14. The van der Waals surface area contributed by atoms with Crippen LogP contribution in [0.25, 0.3) is 0 Å². The molecule has 1 unspecified atom stereocenters. The number of methoxy groups -OCH3 is 2. The topological polar surface area (TPSA) is 74.8 Å². The first kappa shape index (κ1) is 15.4. The largest absolute Gasteiger partial charge is 0.496 e. The Labute approximate surface area is 134 Å². The molecule has 1 aromatic heterocycles. The van der Waals surface area contributed by atoms with E-state index in [-0.39, 0.29) is 12.5 Å². The van der Waals surface area contributed by atoms with Crippen molar-refractivity contribution >= 4 is 5.91 Å². The average Bonchev–Trinajstić information content (AvgIpc) is 2.98. The predicted octanol–water partition coefficient (Wildman–Crippen LogP) is 2.03. The second-order valence-corrected chi connectivity index (χ2v) is 5.58. The molecule has 1 amide bonds. The number of amides is 1. The molecule has 0 bridgehead atoms. The highest BCUT2D eigenvalue weighted by Crippen LogP contribution is 2.39. The van der Waals surface area contributed by atoms with Crippen LogP contribution in [0.1, 0.15) is 33.3 Å². The van der Waals surface area contributed by atoms with Gasteiger partial charge in [0.2, 0.25) is 0 Å². The Balaban J connectivity index is 2.00. The number of aromatic nitrogens is 1. The molecule has 3 rings (SSSR count). The molecule has 0 saturated heterocycles. The van der Waals surface area contributed by atoms with E-state index in [2.05, 4.69) is 4.98 Å². The van der Waals surface area contributed by atoms with Crippen molar-refractivity contribution in [2.45, 2.75) is 19.6 Å². The highest BCUT2D eigenvalue weighted by molar-refractivity contribution is 5.95. The van der Waals surface area contributed by atoms with Crippen molar-refractivity contribution in [3.05, 3.63) is 46.8 Å². The number of fused-ring (bicyclic) bond motifs is 1. The van der Waals surface area contributed by atoms with Gasteiger partial charge in [-0.2, -0.15) is 0 Å². The molecule has 23 heavy (non-hydrogen) atoms. The molecule has 0 spiro atoms. The number of aliphatic hydroxyl groups excluding tert-OH is 1. The monoisotopic (exact) mass is 316 g/mol. The molecule has 1 atom stereocenters. The summed E-state index contributed by atoms with van der Waals surface area (Å²) in [6, 6.07) is 5.32. The number of carbonyl (C=O) groups is 1. The van der Waals surface area contributed by atoms with E-state index in [1.807, 2.05) is 6.92 Å². The standard InChI is InChI=1S/C17H20N2O4/c1-10-11(6-7-18-10)17(21)19-8-12-14(22-2)4-5-15(23-3)16(12)13(20)9-19/h4-7,13,18,20H,8-9H2,1-3H3. The minimum absolute atomic E-state index is 0.113. The maximum Gasteiger partial charge on any atom is 0.256 e. The lowest BCUT2D eigenvalue weighted by Crippen LogP contribution is -2.38. The Morgan fingerprint density at radius 3 is 2.57 bits per heavy atom. The molecule has 1 aliphatic heterocycles. The zero-order chi connectivity index (χ0) is 16.6. The number of aryl methyl sites for hydroxylation is 1. The molecule has 6 heteroatoms. The highest BCUT2D eigenvalue weighted by Gasteiger charge is 2.32. The van der Waals surface area contributed by atoms with Gasteiger partial charge in [0.15, 0.2) is 0 Å². The lowest BCUT2D eigenvalue weighted by molar-refractivity contribution is 0.0538. The van der Waals surface area contributed by atoms with Crippen LogP contribution in [0.2, 0.25) is 0 Å². The van der Waals surface area contributed by atoms with Crippen molar-refractivity contribution in [3.8, 4) is 11.5 Å². The third-order valence-corrected chi connectivity index (χ3v) is 4.26. The van der Waals surface area contributed by atoms with Crippen molar-refractivity contribution in [2.75, 3.05) is 20.8 Å². The summed E-state index contributed by atoms with van der Waals surface area (Å²) < 4.78 is 10.7. The number of benzene rings is 1. The summed E-state index contributed by atoms with van der Waals surface area (Å²) in [5, 5.41) is 10.5. The van der Waals surface area contributed by atoms with Gasteiger partial charge < -0.3 is 24.5 Å². The second kappa shape index (κ2) is 5.96. The van der Waals surface area contributed by atoms with Crippen LogP contribution in [-0.4, -0.2) is 41.7 Å². The summed E-state index contributed by atoms with van der Waals surface area (Å²) in [6.45, 7) is 2.45. The van der Waals surface area contributed by atoms with Crippen LogP contribution in [0.4, 0.5) is 0 Å². The molecule has 2 N–H and O–H groups in total. The molecule has 122 valence electrons. The van der Waals surface area contributed by atoms with E-state index < -0.39 is 6.10 Å². The number of carbonyl (C=O) groups excluding carboxylic acids is 1. The zero-order valence-corrected chi connectivity index (χ0v) is 13.4. The van der Waals surface area contributed by atoms with Crippen molar-refractivity contribution in [1.82, 2.24) is 9.88 Å². The molecule has 0 fully saturated rings. The number of aliphatic hydroxyl groups is 1. The van der Waals surface area contributed by atoms with E-state index >= 15 is 0 Å². The molecule has 0 aliphatic carbocycles. The minimum Gasteiger partial charge on any atom is -0.496 e. The van der Waals surface area contributed by atoms with Crippen LogP contribution >= 0.6 is 0 Å². The highest BCUT2D eigenvalue weighted by atomic mass is 16.5. The van der Waals surface area contributed by atoms with Crippen molar-refractivity contribution in [2.24, 2.45) is 0 Å². The molecule has 0 radical (unpaired) electrons. The fraction of sp³-hybridized carbons (Fsp3) is 0.353. The van der Waals surface area contributed by atoms with E-state index in [0.717, 1.165) is 11.3 Å². The van der Waals surface area contributed by atoms with Gasteiger partial charge in [-0.1, -0.05) is 0 Å². The number of nitrogens with zero attached hydrogens (tertiary/aromatic N) is 1. The molecule has 2 heterocycles. The molecule has 2 aromatic rings. The van der Waals surface area contributed by atoms with E-state index in [4.69, 9.17) is 9.47 Å². The molecule has 6 nitrogen and oxygen atoms in total. The van der Waals surface area contributed by atoms with Gasteiger partial charge in [0.05, 0.1) is 32.9 Å². The number of H-pyrrole nitrogens is 1. The van der Waals surface area contributed by atoms with Gasteiger partial charge in [0.1, 0.15) is 17.6 Å². The third kappa shape index (κ3) is 2.55. The predicted molar refractivity (Wildman–Crippen MR) is 84.8 cm³/mol. The SMILES string of the molecule is COc1ccc(OC)c2c1CN(C(=O)c1cc[nH]c1C)CC2O. The lowest BCUT2D eigenvalue weighted by Gasteiger charge is -2.34. The van der Waals surface area contributed by atoms with Crippen LogP contribution in [0, 0.1) is 6.92 Å². The van der Waals surface area contributed by atoms with Gasteiger partial charge in [-0.15, -0.1) is 0 Å². The van der Waals surface area contributed by atoms with Crippen molar-refractivity contribution in [1.29, 1.82) is 0 Å². The first-order valence-corrected chi connectivity index (χ1v) is 7.41. The number of rotatable bonds is 3. The van der Waals surface area contributed by atoms with E-state index in [9.17, 15) is 9.90 Å². The number of nitrogens with one attached hydrogen (secondary N) is 1. The maximum absolute atomic E-state index is 12.7. The van der Waals surface area contributed by atoms with Gasteiger partial charge in [-0.05, 0) is 25.1 Å². The summed E-state index contributed by atoms with van der Waals surface area (Å²) in [4.78, 5) is 17.3. The quantitative estimate of drug-likeness (QED) is 0.908. The van der Waals surface area contributed by atoms with Crippen LogP contribution in [-0.2, 0) is 6.54 Å². The number of hydrogen-bond acceptors (Lipinski definition) is 4. The Hall–Kier alpha value is -2.47. The summed E-state index contributed by atoms with van der Waals surface area (Å²) >= 11 is 0. The number of hydrogen-bond donors (Lipinski definition) is 2. The van der Waals surface area contributed by atoms with Crippen LogP contribution < -0.4 is 9.47 Å². The Morgan fingerprint density at radius 2 is 1.96 bits per heavy atom. The molecule has 1 aliphatic rings. The van der Waals surface area contributed by atoms with Gasteiger partial charge in [-0.25, -0.2) is 0 Å². The van der Waals surface area contributed by atoms with Gasteiger partial charge in [0.25, 0.3) is 5.91 Å². The average molecular weight is 316 g/mol. The zero-order valence-electron chi connectivity index (χ0n) is 13.4. The van der Waals surface area contributed by atoms with Crippen molar-refractivity contribution < 1.29 is 19.4 Å². The molecular formula is C17H20N2O4. The number of ether oxygens (including phenoxy) is 2. The van der Waals surface area contributed by atoms with E-state index in [1.54, 1.807) is 43.5 Å². The molecular weight excluding hydrogens is 296 g/mol. The number of β-amino-alcohol motifs (C(OH)–C–C–N with tert-alkyl or cyclic N) is 1. The summed E-state index contributed by atoms with van der Waals surface area (Å²) in [6.07, 6.45) is 0.924. The maximum atomic E-state index is 12.7.